The van der Waals surface area contributed by atoms with Gasteiger partial charge in [0.25, 0.3) is 0 Å². The first kappa shape index (κ1) is 14.6. The zero-order valence-corrected chi connectivity index (χ0v) is 13.7. The smallest absolute Gasteiger partial charge is 0.167 e. The van der Waals surface area contributed by atoms with Crippen molar-refractivity contribution < 1.29 is 9.53 Å². The maximum absolute atomic E-state index is 12.7. The molecule has 1 aliphatic carbocycles. The van der Waals surface area contributed by atoms with Crippen LogP contribution in [0.3, 0.4) is 0 Å². The van der Waals surface area contributed by atoms with Gasteiger partial charge in [0.1, 0.15) is 0 Å². The summed E-state index contributed by atoms with van der Waals surface area (Å²) >= 11 is 9.40. The normalized spacial score (nSPS) is 25.0. The van der Waals surface area contributed by atoms with Crippen LogP contribution in [0.5, 0.6) is 0 Å². The van der Waals surface area contributed by atoms with Gasteiger partial charge in [0, 0.05) is 27.6 Å². The van der Waals surface area contributed by atoms with Crippen molar-refractivity contribution in [2.75, 3.05) is 6.61 Å². The Morgan fingerprint density at radius 3 is 2.80 bits per heavy atom. The fourth-order valence-corrected chi connectivity index (χ4v) is 4.41. The first-order valence-corrected chi connectivity index (χ1v) is 8.40. The van der Waals surface area contributed by atoms with Gasteiger partial charge in [-0.15, -0.1) is 0 Å². The van der Waals surface area contributed by atoms with Crippen molar-refractivity contribution in [3.63, 3.8) is 0 Å². The van der Waals surface area contributed by atoms with E-state index < -0.39 is 0 Å². The fraction of sp³-hybridized carbons (Fsp3) is 0.562. The predicted octanol–water partition coefficient (Wildman–Crippen LogP) is 5.02. The van der Waals surface area contributed by atoms with Gasteiger partial charge in [-0.3, -0.25) is 4.79 Å². The molecule has 0 bridgehead atoms. The van der Waals surface area contributed by atoms with E-state index in [0.717, 1.165) is 35.7 Å². The van der Waals surface area contributed by atoms with E-state index in [1.54, 1.807) is 12.1 Å². The molecular weight excluding hydrogens is 340 g/mol. The number of ether oxygens (including phenoxy) is 1. The first-order chi connectivity index (χ1) is 9.60. The quantitative estimate of drug-likeness (QED) is 0.694. The van der Waals surface area contributed by atoms with Gasteiger partial charge in [-0.25, -0.2) is 0 Å². The summed E-state index contributed by atoms with van der Waals surface area (Å²) in [7, 11) is 0. The molecule has 0 radical (unpaired) electrons. The van der Waals surface area contributed by atoms with Crippen molar-refractivity contribution >= 4 is 33.3 Å². The Morgan fingerprint density at radius 2 is 2.10 bits per heavy atom. The largest absolute Gasteiger partial charge is 0.375 e. The SMILES string of the molecule is O=C(c1ccc(Cl)cc1Br)C1CCOC2(CCCC2)C1. The van der Waals surface area contributed by atoms with E-state index >= 15 is 0 Å². The summed E-state index contributed by atoms with van der Waals surface area (Å²) in [5.41, 5.74) is 0.728. The van der Waals surface area contributed by atoms with Gasteiger partial charge >= 0.3 is 0 Å². The standard InChI is InChI=1S/C16H18BrClO2/c17-14-9-12(18)3-4-13(14)15(19)11-5-8-20-16(10-11)6-1-2-7-16/h3-4,9,11H,1-2,5-8,10H2. The second-order valence-corrected chi connectivity index (χ2v) is 7.21. The average Bonchev–Trinajstić information content (AvgIpc) is 2.86. The predicted molar refractivity (Wildman–Crippen MR) is 83.4 cm³/mol. The van der Waals surface area contributed by atoms with Gasteiger partial charge in [0.2, 0.25) is 0 Å². The molecule has 2 fully saturated rings. The van der Waals surface area contributed by atoms with Gasteiger partial charge in [-0.1, -0.05) is 24.4 Å². The summed E-state index contributed by atoms with van der Waals surface area (Å²) in [6.07, 6.45) is 6.38. The Hall–Kier alpha value is -0.380. The molecule has 0 aromatic heterocycles. The van der Waals surface area contributed by atoms with E-state index in [4.69, 9.17) is 16.3 Å². The molecule has 1 saturated carbocycles. The third-order valence-corrected chi connectivity index (χ3v) is 5.47. The minimum Gasteiger partial charge on any atom is -0.375 e. The van der Waals surface area contributed by atoms with Gasteiger partial charge in [0.05, 0.1) is 5.60 Å². The molecule has 1 aromatic rings. The average molecular weight is 358 g/mol. The van der Waals surface area contributed by atoms with Crippen LogP contribution in [-0.2, 0) is 4.74 Å². The molecule has 0 amide bonds. The van der Waals surface area contributed by atoms with E-state index in [1.807, 2.05) is 6.07 Å². The number of ketones is 1. The van der Waals surface area contributed by atoms with Gasteiger partial charge < -0.3 is 4.74 Å². The lowest BCUT2D eigenvalue weighted by Gasteiger charge is -2.37. The Morgan fingerprint density at radius 1 is 1.35 bits per heavy atom. The summed E-state index contributed by atoms with van der Waals surface area (Å²) in [5.74, 6) is 0.308. The molecule has 4 heteroatoms. The molecule has 3 rings (SSSR count). The third-order valence-electron chi connectivity index (χ3n) is 4.58. The Labute approximate surface area is 133 Å². The van der Waals surface area contributed by atoms with E-state index in [2.05, 4.69) is 15.9 Å². The number of Topliss-reactive ketones (excluding diaryl/α,β-unsaturated/α-hetero) is 1. The molecule has 1 unspecified atom stereocenters. The molecular formula is C16H18BrClO2. The molecule has 1 aliphatic heterocycles. The van der Waals surface area contributed by atoms with Gasteiger partial charge in [-0.2, -0.15) is 0 Å². The molecule has 108 valence electrons. The molecule has 1 spiro atoms. The van der Waals surface area contributed by atoms with Crippen LogP contribution < -0.4 is 0 Å². The summed E-state index contributed by atoms with van der Waals surface area (Å²) in [4.78, 5) is 12.7. The maximum Gasteiger partial charge on any atom is 0.167 e. The van der Waals surface area contributed by atoms with E-state index in [0.29, 0.717) is 11.6 Å². The molecule has 0 N–H and O–H groups in total. The molecule has 1 aromatic carbocycles. The highest BCUT2D eigenvalue weighted by Crippen LogP contribution is 2.43. The second kappa shape index (κ2) is 5.78. The molecule has 1 heterocycles. The Bertz CT molecular complexity index is 523. The lowest BCUT2D eigenvalue weighted by molar-refractivity contribution is -0.0866. The van der Waals surface area contributed by atoms with Crippen LogP contribution in [0.4, 0.5) is 0 Å². The zero-order valence-electron chi connectivity index (χ0n) is 11.3. The summed E-state index contributed by atoms with van der Waals surface area (Å²) in [5, 5.41) is 0.646. The van der Waals surface area contributed by atoms with Gasteiger partial charge in [0.15, 0.2) is 5.78 Å². The van der Waals surface area contributed by atoms with Crippen LogP contribution in [0, 0.1) is 5.92 Å². The number of carbonyl (C=O) groups excluding carboxylic acids is 1. The molecule has 20 heavy (non-hydrogen) atoms. The number of hydrogen-bond donors (Lipinski definition) is 0. The van der Waals surface area contributed by atoms with Crippen molar-refractivity contribution in [3.8, 4) is 0 Å². The number of halogens is 2. The van der Waals surface area contributed by atoms with Crippen LogP contribution in [0.25, 0.3) is 0 Å². The van der Waals surface area contributed by atoms with Crippen LogP contribution in [0.1, 0.15) is 48.9 Å². The van der Waals surface area contributed by atoms with E-state index in [1.165, 1.54) is 12.8 Å². The number of carbonyl (C=O) groups is 1. The first-order valence-electron chi connectivity index (χ1n) is 7.23. The summed E-state index contributed by atoms with van der Waals surface area (Å²) in [6.45, 7) is 0.710. The number of rotatable bonds is 2. The minimum absolute atomic E-state index is 0.0164. The zero-order chi connectivity index (χ0) is 14.2. The number of hydrogen-bond acceptors (Lipinski definition) is 2. The fourth-order valence-electron chi connectivity index (χ4n) is 3.53. The molecule has 2 aliphatic rings. The third kappa shape index (κ3) is 2.81. The summed E-state index contributed by atoms with van der Waals surface area (Å²) in [6, 6.07) is 5.40. The lowest BCUT2D eigenvalue weighted by Crippen LogP contribution is -2.39. The molecule has 1 atom stereocenters. The maximum atomic E-state index is 12.7. The van der Waals surface area contributed by atoms with Crippen LogP contribution in [-0.4, -0.2) is 18.0 Å². The van der Waals surface area contributed by atoms with Crippen molar-refractivity contribution in [2.45, 2.75) is 44.1 Å². The Kier molecular flexibility index (Phi) is 4.21. The monoisotopic (exact) mass is 356 g/mol. The van der Waals surface area contributed by atoms with E-state index in [9.17, 15) is 4.79 Å². The highest BCUT2D eigenvalue weighted by Gasteiger charge is 2.42. The van der Waals surface area contributed by atoms with E-state index in [-0.39, 0.29) is 17.3 Å². The second-order valence-electron chi connectivity index (χ2n) is 5.92. The van der Waals surface area contributed by atoms with Crippen molar-refractivity contribution in [3.05, 3.63) is 33.3 Å². The van der Waals surface area contributed by atoms with Crippen LogP contribution in [0.2, 0.25) is 5.02 Å². The Balaban J connectivity index is 1.79. The lowest BCUT2D eigenvalue weighted by atomic mass is 9.81. The van der Waals surface area contributed by atoms with Crippen molar-refractivity contribution in [1.29, 1.82) is 0 Å². The molecule has 1 saturated heterocycles. The number of benzene rings is 1. The van der Waals surface area contributed by atoms with Crippen LogP contribution >= 0.6 is 27.5 Å². The highest BCUT2D eigenvalue weighted by molar-refractivity contribution is 9.10. The highest BCUT2D eigenvalue weighted by atomic mass is 79.9. The van der Waals surface area contributed by atoms with Gasteiger partial charge in [-0.05, 0) is 59.8 Å². The van der Waals surface area contributed by atoms with Crippen molar-refractivity contribution in [2.24, 2.45) is 5.92 Å². The van der Waals surface area contributed by atoms with Crippen LogP contribution in [0.15, 0.2) is 22.7 Å². The molecule has 2 nitrogen and oxygen atoms in total. The summed E-state index contributed by atoms with van der Waals surface area (Å²) < 4.78 is 6.80. The van der Waals surface area contributed by atoms with Crippen molar-refractivity contribution in [1.82, 2.24) is 0 Å². The topological polar surface area (TPSA) is 26.3 Å². The minimum atomic E-state index is -0.0164.